The van der Waals surface area contributed by atoms with Gasteiger partial charge in [-0.05, 0) is 30.4 Å². The van der Waals surface area contributed by atoms with Crippen molar-refractivity contribution in [1.29, 1.82) is 0 Å². The summed E-state index contributed by atoms with van der Waals surface area (Å²) < 4.78 is 27.2. The number of hydrogen-bond donors (Lipinski definition) is 2. The Bertz CT molecular complexity index is 496. The van der Waals surface area contributed by atoms with E-state index in [1.54, 1.807) is 4.90 Å². The molecule has 1 aromatic rings. The van der Waals surface area contributed by atoms with Gasteiger partial charge >= 0.3 is 0 Å². The Kier molecular flexibility index (Phi) is 4.23. The lowest BCUT2D eigenvalue weighted by molar-refractivity contribution is 0.0783. The topological polar surface area (TPSA) is 58.4 Å². The van der Waals surface area contributed by atoms with Crippen LogP contribution in [-0.2, 0) is 0 Å². The Morgan fingerprint density at radius 2 is 2.00 bits per heavy atom. The largest absolute Gasteiger partial charge is 0.338 e. The fourth-order valence-corrected chi connectivity index (χ4v) is 2.53. The minimum Gasteiger partial charge on any atom is -0.338 e. The van der Waals surface area contributed by atoms with E-state index < -0.39 is 17.3 Å². The van der Waals surface area contributed by atoms with E-state index in [9.17, 15) is 13.6 Å². The summed E-state index contributed by atoms with van der Waals surface area (Å²) in [6.07, 6.45) is 0.927. The number of nitrogen functional groups attached to an aromatic ring is 1. The number of benzene rings is 1. The summed E-state index contributed by atoms with van der Waals surface area (Å²) in [7, 11) is 0. The standard InChI is InChI=1S/C14H19F2N3O/c1-8(2)9-3-4-19(7-9)14(20)10-5-11(15)13(18-17)12(16)6-10/h5-6,8-9,18H,3-4,7,17H2,1-2H3. The van der Waals surface area contributed by atoms with E-state index in [0.29, 0.717) is 24.9 Å². The molecule has 2 rings (SSSR count). The number of hydrogen-bond acceptors (Lipinski definition) is 3. The van der Waals surface area contributed by atoms with E-state index in [4.69, 9.17) is 5.84 Å². The first-order valence-electron chi connectivity index (χ1n) is 6.69. The van der Waals surface area contributed by atoms with Gasteiger partial charge in [0.05, 0.1) is 0 Å². The van der Waals surface area contributed by atoms with Crippen LogP contribution in [0.25, 0.3) is 0 Å². The van der Waals surface area contributed by atoms with Crippen molar-refractivity contribution in [2.75, 3.05) is 18.5 Å². The van der Waals surface area contributed by atoms with E-state index >= 15 is 0 Å². The molecule has 1 heterocycles. The van der Waals surface area contributed by atoms with Gasteiger partial charge in [0.2, 0.25) is 0 Å². The van der Waals surface area contributed by atoms with Crippen LogP contribution in [0.5, 0.6) is 0 Å². The van der Waals surface area contributed by atoms with Gasteiger partial charge < -0.3 is 10.3 Å². The number of halogens is 2. The summed E-state index contributed by atoms with van der Waals surface area (Å²) >= 11 is 0. The molecule has 1 aliphatic rings. The molecule has 3 N–H and O–H groups in total. The number of rotatable bonds is 3. The number of nitrogens with one attached hydrogen (secondary N) is 1. The van der Waals surface area contributed by atoms with Crippen LogP contribution in [0, 0.1) is 23.5 Å². The molecule has 1 aromatic carbocycles. The van der Waals surface area contributed by atoms with Crippen LogP contribution in [0.2, 0.25) is 0 Å². The molecule has 0 saturated carbocycles. The van der Waals surface area contributed by atoms with Crippen molar-refractivity contribution < 1.29 is 13.6 Å². The normalized spacial score (nSPS) is 18.7. The van der Waals surface area contributed by atoms with Crippen molar-refractivity contribution in [3.63, 3.8) is 0 Å². The van der Waals surface area contributed by atoms with Crippen LogP contribution in [-0.4, -0.2) is 23.9 Å². The van der Waals surface area contributed by atoms with Gasteiger partial charge in [-0.25, -0.2) is 8.78 Å². The van der Waals surface area contributed by atoms with Crippen LogP contribution in [0.1, 0.15) is 30.6 Å². The van der Waals surface area contributed by atoms with E-state index in [1.807, 2.05) is 5.43 Å². The number of carbonyl (C=O) groups excluding carboxylic acids is 1. The summed E-state index contributed by atoms with van der Waals surface area (Å²) in [5, 5.41) is 0. The molecule has 0 radical (unpaired) electrons. The summed E-state index contributed by atoms with van der Waals surface area (Å²) in [5.41, 5.74) is 1.54. The highest BCUT2D eigenvalue weighted by molar-refractivity contribution is 5.94. The van der Waals surface area contributed by atoms with Crippen molar-refractivity contribution in [1.82, 2.24) is 4.90 Å². The minimum atomic E-state index is -0.865. The lowest BCUT2D eigenvalue weighted by Crippen LogP contribution is -2.29. The summed E-state index contributed by atoms with van der Waals surface area (Å²) in [5.74, 6) is 3.89. The van der Waals surface area contributed by atoms with E-state index in [0.717, 1.165) is 18.6 Å². The van der Waals surface area contributed by atoms with Crippen molar-refractivity contribution >= 4 is 11.6 Å². The third kappa shape index (κ3) is 2.75. The average Bonchev–Trinajstić information content (AvgIpc) is 2.87. The molecule has 1 amide bonds. The predicted molar refractivity (Wildman–Crippen MR) is 73.0 cm³/mol. The third-order valence-corrected chi connectivity index (χ3v) is 3.89. The van der Waals surface area contributed by atoms with Crippen LogP contribution in [0.4, 0.5) is 14.5 Å². The highest BCUT2D eigenvalue weighted by Gasteiger charge is 2.29. The van der Waals surface area contributed by atoms with Gasteiger partial charge in [0.15, 0.2) is 11.6 Å². The molecular formula is C14H19F2N3O. The molecule has 0 aromatic heterocycles. The fourth-order valence-electron chi connectivity index (χ4n) is 2.53. The Labute approximate surface area is 116 Å². The molecule has 1 unspecified atom stereocenters. The number of hydrazine groups is 1. The lowest BCUT2D eigenvalue weighted by Gasteiger charge is -2.18. The fraction of sp³-hybridized carbons (Fsp3) is 0.500. The third-order valence-electron chi connectivity index (χ3n) is 3.89. The summed E-state index contributed by atoms with van der Waals surface area (Å²) in [6.45, 7) is 5.48. The van der Waals surface area contributed by atoms with Crippen molar-refractivity contribution in [3.8, 4) is 0 Å². The molecule has 110 valence electrons. The van der Waals surface area contributed by atoms with E-state index in [2.05, 4.69) is 13.8 Å². The highest BCUT2D eigenvalue weighted by Crippen LogP contribution is 2.26. The first-order chi connectivity index (χ1) is 9.43. The van der Waals surface area contributed by atoms with Gasteiger partial charge in [-0.15, -0.1) is 0 Å². The second-order valence-electron chi connectivity index (χ2n) is 5.50. The van der Waals surface area contributed by atoms with Crippen LogP contribution >= 0.6 is 0 Å². The second kappa shape index (κ2) is 5.75. The predicted octanol–water partition coefficient (Wildman–Crippen LogP) is 2.37. The second-order valence-corrected chi connectivity index (χ2v) is 5.50. The molecule has 0 spiro atoms. The maximum atomic E-state index is 13.6. The Morgan fingerprint density at radius 1 is 1.40 bits per heavy atom. The minimum absolute atomic E-state index is 0.0170. The monoisotopic (exact) mass is 283 g/mol. The molecule has 4 nitrogen and oxygen atoms in total. The molecule has 0 bridgehead atoms. The Morgan fingerprint density at radius 3 is 2.45 bits per heavy atom. The van der Waals surface area contributed by atoms with Gasteiger partial charge in [-0.2, -0.15) is 0 Å². The zero-order valence-corrected chi connectivity index (χ0v) is 11.6. The SMILES string of the molecule is CC(C)C1CCN(C(=O)c2cc(F)c(NN)c(F)c2)C1. The van der Waals surface area contributed by atoms with Crippen molar-refractivity contribution in [2.45, 2.75) is 20.3 Å². The molecule has 1 aliphatic heterocycles. The average molecular weight is 283 g/mol. The number of likely N-dealkylation sites (tertiary alicyclic amines) is 1. The maximum absolute atomic E-state index is 13.6. The van der Waals surface area contributed by atoms with Crippen LogP contribution in [0.3, 0.4) is 0 Å². The van der Waals surface area contributed by atoms with Crippen molar-refractivity contribution in [3.05, 3.63) is 29.3 Å². The molecule has 6 heteroatoms. The Hall–Kier alpha value is -1.69. The quantitative estimate of drug-likeness (QED) is 0.661. The smallest absolute Gasteiger partial charge is 0.254 e. The van der Waals surface area contributed by atoms with Gasteiger partial charge in [-0.1, -0.05) is 13.8 Å². The molecule has 1 atom stereocenters. The molecular weight excluding hydrogens is 264 g/mol. The number of anilines is 1. The maximum Gasteiger partial charge on any atom is 0.254 e. The first kappa shape index (κ1) is 14.7. The molecule has 0 aliphatic carbocycles. The Balaban J connectivity index is 2.18. The van der Waals surface area contributed by atoms with Crippen molar-refractivity contribution in [2.24, 2.45) is 17.7 Å². The number of amides is 1. The van der Waals surface area contributed by atoms with Gasteiger partial charge in [0.25, 0.3) is 5.91 Å². The number of carbonyl (C=O) groups is 1. The van der Waals surface area contributed by atoms with Gasteiger partial charge in [0, 0.05) is 18.7 Å². The van der Waals surface area contributed by atoms with E-state index in [1.165, 1.54) is 0 Å². The van der Waals surface area contributed by atoms with Gasteiger partial charge in [-0.3, -0.25) is 10.6 Å². The summed E-state index contributed by atoms with van der Waals surface area (Å²) in [6, 6.07) is 2.03. The first-order valence-corrected chi connectivity index (χ1v) is 6.69. The molecule has 1 saturated heterocycles. The van der Waals surface area contributed by atoms with Crippen LogP contribution in [0.15, 0.2) is 12.1 Å². The van der Waals surface area contributed by atoms with Gasteiger partial charge in [0.1, 0.15) is 5.69 Å². The zero-order valence-electron chi connectivity index (χ0n) is 11.6. The highest BCUT2D eigenvalue weighted by atomic mass is 19.1. The van der Waals surface area contributed by atoms with Crippen LogP contribution < -0.4 is 11.3 Å². The summed E-state index contributed by atoms with van der Waals surface area (Å²) in [4.78, 5) is 13.9. The van der Waals surface area contributed by atoms with E-state index in [-0.39, 0.29) is 11.5 Å². The molecule has 1 fully saturated rings. The number of nitrogens with two attached hydrogens (primary N) is 1. The number of nitrogens with zero attached hydrogens (tertiary/aromatic N) is 1. The zero-order chi connectivity index (χ0) is 14.9. The lowest BCUT2D eigenvalue weighted by atomic mass is 9.95. The molecule has 20 heavy (non-hydrogen) atoms.